The van der Waals surface area contributed by atoms with E-state index in [1.807, 2.05) is 20.8 Å². The van der Waals surface area contributed by atoms with Gasteiger partial charge < -0.3 is 18.9 Å². The Kier molecular flexibility index (Phi) is 5.86. The number of hydrogen-bond donors (Lipinski definition) is 0. The Morgan fingerprint density at radius 2 is 1.77 bits per heavy atom. The van der Waals surface area contributed by atoms with Crippen LogP contribution < -0.4 is 0 Å². The zero-order valence-corrected chi connectivity index (χ0v) is 14.5. The highest BCUT2D eigenvalue weighted by Crippen LogP contribution is 2.33. The van der Waals surface area contributed by atoms with E-state index in [1.165, 1.54) is 0 Å². The minimum absolute atomic E-state index is 0.0627. The first-order chi connectivity index (χ1) is 10.4. The normalized spacial score (nSPS) is 32.8. The van der Waals surface area contributed by atoms with Crippen LogP contribution in [0.2, 0.25) is 0 Å². The van der Waals surface area contributed by atoms with Gasteiger partial charge in [-0.25, -0.2) is 0 Å². The summed E-state index contributed by atoms with van der Waals surface area (Å²) in [6.45, 7) is 11.0. The molecule has 2 heterocycles. The molecule has 5 nitrogen and oxygen atoms in total. The van der Waals surface area contributed by atoms with Crippen LogP contribution in [0.25, 0.3) is 0 Å². The van der Waals surface area contributed by atoms with Crippen molar-refractivity contribution in [3.05, 3.63) is 0 Å². The van der Waals surface area contributed by atoms with Gasteiger partial charge in [0, 0.05) is 0 Å². The second-order valence-corrected chi connectivity index (χ2v) is 7.07. The van der Waals surface area contributed by atoms with Gasteiger partial charge in [0.25, 0.3) is 0 Å². The molecule has 0 aromatic rings. The molecule has 0 saturated carbocycles. The molecule has 1 unspecified atom stereocenters. The molecule has 5 heteroatoms. The molecule has 0 N–H and O–H groups in total. The Bertz CT molecular complexity index is 381. The Morgan fingerprint density at radius 3 is 2.36 bits per heavy atom. The molecule has 128 valence electrons. The monoisotopic (exact) mass is 314 g/mol. The first-order valence-corrected chi connectivity index (χ1v) is 8.48. The number of carbonyl (C=O) groups excluding carboxylic acids is 1. The summed E-state index contributed by atoms with van der Waals surface area (Å²) in [5.74, 6) is -0.168. The molecular formula is C17H30O5. The number of esters is 1. The molecule has 2 fully saturated rings. The molecule has 5 atom stereocenters. The van der Waals surface area contributed by atoms with E-state index >= 15 is 0 Å². The lowest BCUT2D eigenvalue weighted by Gasteiger charge is -2.25. The maximum Gasteiger partial charge on any atom is 0.311 e. The summed E-state index contributed by atoms with van der Waals surface area (Å²) in [5.41, 5.74) is -0.460. The number of hydrogen-bond acceptors (Lipinski definition) is 5. The quantitative estimate of drug-likeness (QED) is 0.676. The van der Waals surface area contributed by atoms with Crippen LogP contribution in [0.3, 0.4) is 0 Å². The molecule has 0 aromatic carbocycles. The summed E-state index contributed by atoms with van der Waals surface area (Å²) >= 11 is 0. The van der Waals surface area contributed by atoms with Gasteiger partial charge in [-0.3, -0.25) is 4.79 Å². The minimum atomic E-state index is -0.460. The topological polar surface area (TPSA) is 54.0 Å². The Balaban J connectivity index is 1.90. The summed E-state index contributed by atoms with van der Waals surface area (Å²) in [7, 11) is 0. The second-order valence-electron chi connectivity index (χ2n) is 7.07. The highest BCUT2D eigenvalue weighted by atomic mass is 16.7. The summed E-state index contributed by atoms with van der Waals surface area (Å²) in [4.78, 5) is 12.3. The van der Waals surface area contributed by atoms with Crippen LogP contribution in [0.1, 0.15) is 53.9 Å². The van der Waals surface area contributed by atoms with E-state index in [9.17, 15) is 4.79 Å². The molecule has 2 aliphatic rings. The smallest absolute Gasteiger partial charge is 0.311 e. The van der Waals surface area contributed by atoms with Gasteiger partial charge in [0.1, 0.15) is 18.3 Å². The average Bonchev–Trinajstić information content (AvgIpc) is 3.03. The summed E-state index contributed by atoms with van der Waals surface area (Å²) in [5, 5.41) is 0. The van der Waals surface area contributed by atoms with E-state index in [2.05, 4.69) is 13.8 Å². The van der Waals surface area contributed by atoms with Crippen LogP contribution in [0, 0.1) is 5.41 Å². The van der Waals surface area contributed by atoms with Crippen LogP contribution in [-0.2, 0) is 23.7 Å². The fourth-order valence-electron chi connectivity index (χ4n) is 3.07. The third kappa shape index (κ3) is 3.81. The summed E-state index contributed by atoms with van der Waals surface area (Å²) < 4.78 is 23.2. The van der Waals surface area contributed by atoms with E-state index in [0.717, 1.165) is 19.3 Å². The van der Waals surface area contributed by atoms with Gasteiger partial charge in [-0.2, -0.15) is 0 Å². The van der Waals surface area contributed by atoms with Crippen molar-refractivity contribution < 1.29 is 23.7 Å². The number of carbonyl (C=O) groups is 1. The van der Waals surface area contributed by atoms with Gasteiger partial charge in [-0.15, -0.1) is 0 Å². The van der Waals surface area contributed by atoms with Crippen molar-refractivity contribution in [2.75, 3.05) is 13.2 Å². The van der Waals surface area contributed by atoms with Crippen molar-refractivity contribution in [3.63, 3.8) is 0 Å². The van der Waals surface area contributed by atoms with E-state index < -0.39 is 5.41 Å². The zero-order chi connectivity index (χ0) is 16.3. The van der Waals surface area contributed by atoms with Crippen LogP contribution >= 0.6 is 0 Å². The molecule has 22 heavy (non-hydrogen) atoms. The maximum atomic E-state index is 12.3. The molecule has 0 aliphatic carbocycles. The van der Waals surface area contributed by atoms with Crippen LogP contribution in [0.4, 0.5) is 0 Å². The van der Waals surface area contributed by atoms with Crippen molar-refractivity contribution in [2.45, 2.75) is 84.4 Å². The third-order valence-electron chi connectivity index (χ3n) is 4.63. The molecule has 0 radical (unpaired) electrons. The standard InChI is InChI=1S/C17H30O5/c1-6-8-17(4,5)16(18)22-13-10-20-14-12(9-19-15(13)14)21-11(3)7-2/h11-15H,6-10H2,1-5H3/t11?,12-,13+,14+,15+/m0/s1. The van der Waals surface area contributed by atoms with E-state index in [0.29, 0.717) is 13.2 Å². The Hall–Kier alpha value is -0.650. The van der Waals surface area contributed by atoms with E-state index in [1.54, 1.807) is 0 Å². The second kappa shape index (κ2) is 7.28. The highest BCUT2D eigenvalue weighted by molar-refractivity contribution is 5.76. The van der Waals surface area contributed by atoms with Gasteiger partial charge in [-0.1, -0.05) is 20.3 Å². The molecule has 0 bridgehead atoms. The zero-order valence-electron chi connectivity index (χ0n) is 14.5. The number of fused-ring (bicyclic) bond motifs is 1. The maximum absolute atomic E-state index is 12.3. The van der Waals surface area contributed by atoms with Crippen LogP contribution in [-0.4, -0.2) is 49.7 Å². The molecule has 0 aromatic heterocycles. The average molecular weight is 314 g/mol. The number of ether oxygens (including phenoxy) is 4. The fourth-order valence-corrected chi connectivity index (χ4v) is 3.07. The van der Waals surface area contributed by atoms with E-state index in [4.69, 9.17) is 18.9 Å². The minimum Gasteiger partial charge on any atom is -0.457 e. The largest absolute Gasteiger partial charge is 0.457 e. The van der Waals surface area contributed by atoms with Gasteiger partial charge >= 0.3 is 5.97 Å². The lowest BCUT2D eigenvalue weighted by Crippen LogP contribution is -2.38. The molecule has 0 amide bonds. The van der Waals surface area contributed by atoms with Crippen LogP contribution in [0.5, 0.6) is 0 Å². The predicted octanol–water partition coefficient (Wildman–Crippen LogP) is 2.71. The third-order valence-corrected chi connectivity index (χ3v) is 4.63. The lowest BCUT2D eigenvalue weighted by molar-refractivity contribution is -0.164. The molecule has 2 aliphatic heterocycles. The first kappa shape index (κ1) is 17.7. The van der Waals surface area contributed by atoms with Crippen molar-refractivity contribution >= 4 is 5.97 Å². The first-order valence-electron chi connectivity index (χ1n) is 8.48. The van der Waals surface area contributed by atoms with Gasteiger partial charge in [0.15, 0.2) is 6.10 Å². The summed E-state index contributed by atoms with van der Waals surface area (Å²) in [6, 6.07) is 0. The lowest BCUT2D eigenvalue weighted by atomic mass is 9.88. The van der Waals surface area contributed by atoms with Crippen molar-refractivity contribution in [2.24, 2.45) is 5.41 Å². The van der Waals surface area contributed by atoms with Gasteiger partial charge in [-0.05, 0) is 33.6 Å². The molecular weight excluding hydrogens is 284 g/mol. The van der Waals surface area contributed by atoms with E-state index in [-0.39, 0.29) is 36.5 Å². The Morgan fingerprint density at radius 1 is 1.18 bits per heavy atom. The SMILES string of the molecule is CCCC(C)(C)C(=O)O[C@@H]1CO[C@H]2[C@@H]1OC[C@@H]2OC(C)CC. The Labute approximate surface area is 133 Å². The highest BCUT2D eigenvalue weighted by Gasteiger charge is 2.51. The number of rotatable bonds is 7. The van der Waals surface area contributed by atoms with Crippen molar-refractivity contribution in [1.29, 1.82) is 0 Å². The van der Waals surface area contributed by atoms with Crippen molar-refractivity contribution in [3.8, 4) is 0 Å². The molecule has 2 saturated heterocycles. The fraction of sp³-hybridized carbons (Fsp3) is 0.941. The molecule has 2 rings (SSSR count). The summed E-state index contributed by atoms with van der Waals surface area (Å²) in [6.07, 6.45) is 2.20. The molecule has 0 spiro atoms. The van der Waals surface area contributed by atoms with Gasteiger partial charge in [0.05, 0.1) is 24.7 Å². The van der Waals surface area contributed by atoms with Crippen LogP contribution in [0.15, 0.2) is 0 Å². The predicted molar refractivity (Wildman–Crippen MR) is 82.7 cm³/mol. The van der Waals surface area contributed by atoms with Gasteiger partial charge in [0.2, 0.25) is 0 Å². The van der Waals surface area contributed by atoms with Crippen molar-refractivity contribution in [1.82, 2.24) is 0 Å².